The van der Waals surface area contributed by atoms with Gasteiger partial charge in [0.15, 0.2) is 0 Å². The van der Waals surface area contributed by atoms with E-state index in [1.165, 1.54) is 48.5 Å². The maximum Gasteiger partial charge on any atom is 0.251 e. The molecule has 1 aliphatic heterocycles. The monoisotopic (exact) mass is 586 g/mol. The molecule has 2 atom stereocenters. The number of nitrogens with zero attached hydrogens (tertiary/aromatic N) is 2. The number of nitrogens with one attached hydrogen (secondary N) is 2. The van der Waals surface area contributed by atoms with Crippen molar-refractivity contribution in [2.75, 3.05) is 6.54 Å². The maximum absolute atomic E-state index is 14.6. The molecule has 41 heavy (non-hydrogen) atoms. The Morgan fingerprint density at radius 3 is 2.34 bits per heavy atom. The number of aromatic nitrogens is 1. The number of carbonyl (C=O) groups is 2. The summed E-state index contributed by atoms with van der Waals surface area (Å²) in [6.07, 6.45) is 2.67. The molecule has 2 amide bonds. The Labute approximate surface area is 236 Å². The fraction of sp³-hybridized carbons (Fsp3) is 0.345. The second kappa shape index (κ2) is 11.2. The molecule has 2 aliphatic rings. The van der Waals surface area contributed by atoms with Crippen molar-refractivity contribution < 1.29 is 31.2 Å². The minimum Gasteiger partial charge on any atom is -0.345 e. The van der Waals surface area contributed by atoms with Crippen LogP contribution in [0.5, 0.6) is 0 Å². The Morgan fingerprint density at radius 1 is 1.00 bits per heavy atom. The molecule has 1 aromatic heterocycles. The van der Waals surface area contributed by atoms with Crippen molar-refractivity contribution in [1.29, 1.82) is 0 Å². The van der Waals surface area contributed by atoms with Crippen LogP contribution in [0.1, 0.15) is 36.8 Å². The number of alkyl halides is 2. The number of rotatable bonds is 9. The number of hydrogen-bond acceptors (Lipinski definition) is 5. The van der Waals surface area contributed by atoms with Gasteiger partial charge in [0.25, 0.3) is 5.92 Å². The number of sulfonamides is 1. The summed E-state index contributed by atoms with van der Waals surface area (Å²) in [5, 5.41) is 5.50. The van der Waals surface area contributed by atoms with E-state index in [-0.39, 0.29) is 11.3 Å². The first-order valence-electron chi connectivity index (χ1n) is 13.2. The highest BCUT2D eigenvalue weighted by atomic mass is 32.2. The van der Waals surface area contributed by atoms with E-state index in [1.807, 2.05) is 6.07 Å². The van der Waals surface area contributed by atoms with Gasteiger partial charge in [0.2, 0.25) is 21.8 Å². The number of carbonyl (C=O) groups excluding carboxylic acids is 2. The highest BCUT2D eigenvalue weighted by Crippen LogP contribution is 2.45. The molecular weight excluding hydrogens is 557 g/mol. The quantitative estimate of drug-likeness (QED) is 0.399. The zero-order valence-corrected chi connectivity index (χ0v) is 22.8. The molecule has 216 valence electrons. The Balaban J connectivity index is 1.42. The van der Waals surface area contributed by atoms with Crippen LogP contribution in [0.3, 0.4) is 0 Å². The van der Waals surface area contributed by atoms with Crippen molar-refractivity contribution >= 4 is 21.8 Å². The normalized spacial score (nSPS) is 20.5. The van der Waals surface area contributed by atoms with Crippen LogP contribution in [0, 0.1) is 5.82 Å². The third kappa shape index (κ3) is 6.43. The third-order valence-electron chi connectivity index (χ3n) is 7.50. The van der Waals surface area contributed by atoms with Gasteiger partial charge in [0, 0.05) is 38.2 Å². The SMILES string of the molecule is O=C(NC1(c2cccnc2)CC1)C(Cc1ccc(F)cc1)NC(=O)C1CC(F)(F)CCN1S(=O)(=O)c1ccccc1. The zero-order chi connectivity index (χ0) is 29.3. The van der Waals surface area contributed by atoms with E-state index in [0.717, 1.165) is 9.87 Å². The van der Waals surface area contributed by atoms with E-state index in [4.69, 9.17) is 0 Å². The van der Waals surface area contributed by atoms with E-state index >= 15 is 0 Å². The van der Waals surface area contributed by atoms with Crippen molar-refractivity contribution in [3.63, 3.8) is 0 Å². The van der Waals surface area contributed by atoms with Crippen molar-refractivity contribution in [2.45, 2.75) is 60.5 Å². The van der Waals surface area contributed by atoms with E-state index in [0.29, 0.717) is 18.4 Å². The van der Waals surface area contributed by atoms with Gasteiger partial charge < -0.3 is 10.6 Å². The molecule has 2 fully saturated rings. The van der Waals surface area contributed by atoms with Crippen LogP contribution in [0.4, 0.5) is 13.2 Å². The molecule has 2 heterocycles. The number of hydrogen-bond donors (Lipinski definition) is 2. The minimum absolute atomic E-state index is 0.0739. The molecule has 12 heteroatoms. The Hall–Kier alpha value is -3.77. The van der Waals surface area contributed by atoms with Gasteiger partial charge in [-0.25, -0.2) is 21.6 Å². The second-order valence-corrected chi connectivity index (χ2v) is 12.4. The molecule has 3 aromatic rings. The fourth-order valence-electron chi connectivity index (χ4n) is 5.07. The molecule has 5 rings (SSSR count). The van der Waals surface area contributed by atoms with Gasteiger partial charge in [0.05, 0.1) is 10.4 Å². The van der Waals surface area contributed by atoms with Crippen LogP contribution >= 0.6 is 0 Å². The first-order chi connectivity index (χ1) is 19.5. The molecule has 0 bridgehead atoms. The number of amides is 2. The summed E-state index contributed by atoms with van der Waals surface area (Å²) < 4.78 is 70.2. The average molecular weight is 587 g/mol. The lowest BCUT2D eigenvalue weighted by Gasteiger charge is -2.38. The van der Waals surface area contributed by atoms with Gasteiger partial charge in [-0.2, -0.15) is 4.31 Å². The van der Waals surface area contributed by atoms with Gasteiger partial charge >= 0.3 is 0 Å². The van der Waals surface area contributed by atoms with Crippen LogP contribution in [0.15, 0.2) is 84.0 Å². The molecule has 1 saturated carbocycles. The third-order valence-corrected chi connectivity index (χ3v) is 9.43. The minimum atomic E-state index is -4.29. The highest BCUT2D eigenvalue weighted by Gasteiger charge is 2.50. The maximum atomic E-state index is 14.6. The van der Waals surface area contributed by atoms with E-state index < -0.39 is 70.6 Å². The lowest BCUT2D eigenvalue weighted by atomic mass is 9.98. The molecule has 2 N–H and O–H groups in total. The van der Waals surface area contributed by atoms with Crippen molar-refractivity contribution in [3.05, 3.63) is 96.1 Å². The van der Waals surface area contributed by atoms with Crippen LogP contribution in [-0.2, 0) is 31.6 Å². The summed E-state index contributed by atoms with van der Waals surface area (Å²) in [5.41, 5.74) is 0.616. The zero-order valence-electron chi connectivity index (χ0n) is 22.0. The lowest BCUT2D eigenvalue weighted by Crippen LogP contribution is -2.59. The van der Waals surface area contributed by atoms with Crippen LogP contribution < -0.4 is 10.6 Å². The van der Waals surface area contributed by atoms with E-state index in [2.05, 4.69) is 15.6 Å². The topological polar surface area (TPSA) is 108 Å². The van der Waals surface area contributed by atoms with Gasteiger partial charge in [-0.15, -0.1) is 0 Å². The molecule has 0 radical (unpaired) electrons. The predicted octanol–water partition coefficient (Wildman–Crippen LogP) is 3.54. The molecule has 2 unspecified atom stereocenters. The smallest absolute Gasteiger partial charge is 0.251 e. The summed E-state index contributed by atoms with van der Waals surface area (Å²) in [6, 6.07) is 13.2. The van der Waals surface area contributed by atoms with Crippen molar-refractivity contribution in [1.82, 2.24) is 19.9 Å². The highest BCUT2D eigenvalue weighted by molar-refractivity contribution is 7.89. The largest absolute Gasteiger partial charge is 0.345 e. The first-order valence-corrected chi connectivity index (χ1v) is 14.7. The second-order valence-electron chi connectivity index (χ2n) is 10.5. The molecular formula is C29H29F3N4O4S. The molecule has 1 saturated heterocycles. The predicted molar refractivity (Wildman–Crippen MR) is 144 cm³/mol. The summed E-state index contributed by atoms with van der Waals surface area (Å²) in [6.45, 7) is -0.568. The number of halogens is 3. The average Bonchev–Trinajstić information content (AvgIpc) is 3.74. The summed E-state index contributed by atoms with van der Waals surface area (Å²) in [5.74, 6) is -5.36. The van der Waals surface area contributed by atoms with Gasteiger partial charge in [-0.1, -0.05) is 36.4 Å². The van der Waals surface area contributed by atoms with E-state index in [1.54, 1.807) is 24.5 Å². The molecule has 8 nitrogen and oxygen atoms in total. The first kappa shape index (κ1) is 28.7. The molecule has 0 spiro atoms. The van der Waals surface area contributed by atoms with Crippen molar-refractivity contribution in [2.24, 2.45) is 0 Å². The Kier molecular flexibility index (Phi) is 7.89. The Bertz CT molecular complexity index is 1500. The van der Waals surface area contributed by atoms with Gasteiger partial charge in [-0.3, -0.25) is 14.6 Å². The molecule has 2 aromatic carbocycles. The van der Waals surface area contributed by atoms with Gasteiger partial charge in [-0.05, 0) is 54.3 Å². The molecule has 1 aliphatic carbocycles. The number of pyridine rings is 1. The van der Waals surface area contributed by atoms with E-state index in [9.17, 15) is 31.2 Å². The summed E-state index contributed by atoms with van der Waals surface area (Å²) in [7, 11) is -4.29. The summed E-state index contributed by atoms with van der Waals surface area (Å²) in [4.78, 5) is 31.2. The van der Waals surface area contributed by atoms with Crippen molar-refractivity contribution in [3.8, 4) is 0 Å². The summed E-state index contributed by atoms with van der Waals surface area (Å²) >= 11 is 0. The lowest BCUT2D eigenvalue weighted by molar-refractivity contribution is -0.136. The Morgan fingerprint density at radius 2 is 1.71 bits per heavy atom. The van der Waals surface area contributed by atoms with Gasteiger partial charge in [0.1, 0.15) is 17.9 Å². The van der Waals surface area contributed by atoms with Crippen LogP contribution in [0.2, 0.25) is 0 Å². The number of piperidine rings is 1. The standard InChI is InChI=1S/C29H29F3N4O4S/c30-22-10-8-20(9-11-22)17-24(26(37)35-28(12-13-28)21-5-4-15-33-19-21)34-27(38)25-18-29(31,32)14-16-36(25)41(39,40)23-6-2-1-3-7-23/h1-11,15,19,24-25H,12-14,16-18H2,(H,34,38)(H,35,37). The van der Waals surface area contributed by atoms with Crippen LogP contribution in [-0.4, -0.2) is 54.1 Å². The number of benzene rings is 2. The van der Waals surface area contributed by atoms with Crippen LogP contribution in [0.25, 0.3) is 0 Å². The fourth-order valence-corrected chi connectivity index (χ4v) is 6.68.